The van der Waals surface area contributed by atoms with Crippen LogP contribution in [0.3, 0.4) is 0 Å². The van der Waals surface area contributed by atoms with E-state index in [-0.39, 0.29) is 23.5 Å². The average molecular weight is 491 g/mol. The lowest BCUT2D eigenvalue weighted by molar-refractivity contribution is -0.385. The summed E-state index contributed by atoms with van der Waals surface area (Å²) in [6.45, 7) is 3.69. The van der Waals surface area contributed by atoms with Crippen LogP contribution >= 0.6 is 0 Å². The van der Waals surface area contributed by atoms with Crippen molar-refractivity contribution in [1.29, 1.82) is 0 Å². The van der Waals surface area contributed by atoms with Crippen molar-refractivity contribution in [3.05, 3.63) is 70.0 Å². The summed E-state index contributed by atoms with van der Waals surface area (Å²) >= 11 is 0. The Morgan fingerprint density at radius 3 is 2.67 bits per heavy atom. The summed E-state index contributed by atoms with van der Waals surface area (Å²) in [6, 6.07) is 11.3. The Bertz CT molecular complexity index is 1310. The van der Waals surface area contributed by atoms with E-state index >= 15 is 0 Å². The molecular formula is C25H26N6O5. The highest BCUT2D eigenvalue weighted by Crippen LogP contribution is 2.30. The molecule has 2 aliphatic rings. The first-order chi connectivity index (χ1) is 17.4. The lowest BCUT2D eigenvalue weighted by Crippen LogP contribution is -2.49. The fourth-order valence-corrected chi connectivity index (χ4v) is 4.77. The van der Waals surface area contributed by atoms with Gasteiger partial charge in [-0.1, -0.05) is 0 Å². The van der Waals surface area contributed by atoms with Crippen molar-refractivity contribution in [2.24, 2.45) is 0 Å². The summed E-state index contributed by atoms with van der Waals surface area (Å²) in [5, 5.41) is 23.8. The van der Waals surface area contributed by atoms with Crippen molar-refractivity contribution >= 4 is 23.2 Å². The van der Waals surface area contributed by atoms with Crippen LogP contribution in [0.25, 0.3) is 0 Å². The van der Waals surface area contributed by atoms with Crippen molar-refractivity contribution in [2.75, 3.05) is 29.9 Å². The summed E-state index contributed by atoms with van der Waals surface area (Å²) in [4.78, 5) is 36.1. The monoisotopic (exact) mass is 490 g/mol. The van der Waals surface area contributed by atoms with Crippen LogP contribution in [0, 0.1) is 17.0 Å². The fourth-order valence-electron chi connectivity index (χ4n) is 4.77. The molecule has 2 aliphatic heterocycles. The molecular weight excluding hydrogens is 464 g/mol. The van der Waals surface area contributed by atoms with Gasteiger partial charge in [-0.15, -0.1) is 0 Å². The topological polar surface area (TPSA) is 134 Å². The molecule has 0 aliphatic carbocycles. The molecule has 0 spiro atoms. The van der Waals surface area contributed by atoms with Crippen molar-refractivity contribution in [3.8, 4) is 17.4 Å². The van der Waals surface area contributed by atoms with Crippen LogP contribution in [0.1, 0.15) is 24.0 Å². The second-order valence-corrected chi connectivity index (χ2v) is 8.96. The standard InChI is InChI=1S/C25H26N6O5/c1-16-12-20(3-5-22(16)31(34)35)36-24-14-23(26-15-27-24)29-9-7-18(8-10-29)30-11-6-17-13-19(32)2-4-21(17)28-25(30)33/h2-5,12-15,18,32H,6-11H2,1H3,(H,28,33). The third kappa shape index (κ3) is 4.85. The Morgan fingerprint density at radius 2 is 1.92 bits per heavy atom. The Labute approximate surface area is 207 Å². The zero-order valence-electron chi connectivity index (χ0n) is 19.8. The molecule has 186 valence electrons. The van der Waals surface area contributed by atoms with E-state index in [0.29, 0.717) is 30.2 Å². The summed E-state index contributed by atoms with van der Waals surface area (Å²) in [6.07, 6.45) is 3.69. The Morgan fingerprint density at radius 1 is 1.11 bits per heavy atom. The molecule has 11 nitrogen and oxygen atoms in total. The van der Waals surface area contributed by atoms with E-state index in [1.807, 2.05) is 4.90 Å². The first-order valence-electron chi connectivity index (χ1n) is 11.8. The smallest absolute Gasteiger partial charge is 0.322 e. The van der Waals surface area contributed by atoms with Crippen LogP contribution in [0.15, 0.2) is 48.8 Å². The van der Waals surface area contributed by atoms with E-state index < -0.39 is 4.92 Å². The summed E-state index contributed by atoms with van der Waals surface area (Å²) in [7, 11) is 0. The number of urea groups is 1. The maximum absolute atomic E-state index is 12.9. The first kappa shape index (κ1) is 23.3. The Balaban J connectivity index is 1.22. The van der Waals surface area contributed by atoms with Crippen LogP contribution in [0.4, 0.5) is 22.0 Å². The number of nitro groups is 1. The third-order valence-corrected chi connectivity index (χ3v) is 6.66. The number of aromatic nitrogens is 2. The molecule has 0 unspecified atom stereocenters. The number of anilines is 2. The van der Waals surface area contributed by atoms with E-state index in [1.165, 1.54) is 12.4 Å². The molecule has 1 saturated heterocycles. The van der Waals surface area contributed by atoms with Gasteiger partial charge in [0.25, 0.3) is 5.69 Å². The molecule has 1 aromatic heterocycles. The van der Waals surface area contributed by atoms with Gasteiger partial charge in [-0.05, 0) is 62.1 Å². The molecule has 3 heterocycles. The lowest BCUT2D eigenvalue weighted by atomic mass is 10.0. The van der Waals surface area contributed by atoms with Gasteiger partial charge in [0.15, 0.2) is 0 Å². The van der Waals surface area contributed by atoms with Crippen LogP contribution in [-0.2, 0) is 6.42 Å². The number of carbonyl (C=O) groups is 1. The molecule has 36 heavy (non-hydrogen) atoms. The number of nitrogens with zero attached hydrogens (tertiary/aromatic N) is 5. The maximum atomic E-state index is 12.9. The number of aromatic hydroxyl groups is 1. The zero-order chi connectivity index (χ0) is 25.2. The molecule has 5 rings (SSSR count). The van der Waals surface area contributed by atoms with Gasteiger partial charge in [-0.3, -0.25) is 10.1 Å². The van der Waals surface area contributed by atoms with E-state index in [9.17, 15) is 20.0 Å². The number of rotatable bonds is 5. The second-order valence-electron chi connectivity index (χ2n) is 8.96. The molecule has 2 aromatic carbocycles. The molecule has 2 amide bonds. The van der Waals surface area contributed by atoms with Gasteiger partial charge >= 0.3 is 6.03 Å². The predicted molar refractivity (Wildman–Crippen MR) is 133 cm³/mol. The Hall–Kier alpha value is -4.41. The van der Waals surface area contributed by atoms with Crippen LogP contribution in [0.2, 0.25) is 0 Å². The summed E-state index contributed by atoms with van der Waals surface area (Å²) in [5.41, 5.74) is 2.22. The van der Waals surface area contributed by atoms with Crippen LogP contribution in [-0.4, -0.2) is 56.6 Å². The lowest BCUT2D eigenvalue weighted by Gasteiger charge is -2.38. The summed E-state index contributed by atoms with van der Waals surface area (Å²) in [5.74, 6) is 1.73. The highest BCUT2D eigenvalue weighted by Gasteiger charge is 2.30. The highest BCUT2D eigenvalue weighted by atomic mass is 16.6. The van der Waals surface area contributed by atoms with Crippen molar-refractivity contribution in [2.45, 2.75) is 32.2 Å². The number of aryl methyl sites for hydroxylation is 1. The number of amides is 2. The number of phenolic OH excluding ortho intramolecular Hbond substituents is 1. The predicted octanol–water partition coefficient (Wildman–Crippen LogP) is 4.25. The van der Waals surface area contributed by atoms with Crippen molar-refractivity contribution in [1.82, 2.24) is 14.9 Å². The second kappa shape index (κ2) is 9.68. The average Bonchev–Trinajstić information content (AvgIpc) is 3.02. The summed E-state index contributed by atoms with van der Waals surface area (Å²) < 4.78 is 5.83. The quantitative estimate of drug-likeness (QED) is 0.308. The number of phenols is 1. The molecule has 0 atom stereocenters. The number of benzene rings is 2. The number of hydrogen-bond acceptors (Lipinski definition) is 8. The minimum absolute atomic E-state index is 0.0358. The molecule has 0 radical (unpaired) electrons. The Kier molecular flexibility index (Phi) is 6.28. The minimum atomic E-state index is -0.426. The van der Waals surface area contributed by atoms with Gasteiger partial charge in [0.2, 0.25) is 5.88 Å². The van der Waals surface area contributed by atoms with Gasteiger partial charge in [-0.2, -0.15) is 0 Å². The fraction of sp³-hybridized carbons (Fsp3) is 0.320. The van der Waals surface area contributed by atoms with Crippen molar-refractivity contribution in [3.63, 3.8) is 0 Å². The number of fused-ring (bicyclic) bond motifs is 1. The van der Waals surface area contributed by atoms with Crippen LogP contribution < -0.4 is 15.0 Å². The normalized spacial score (nSPS) is 16.2. The van der Waals surface area contributed by atoms with E-state index in [4.69, 9.17) is 4.74 Å². The SMILES string of the molecule is Cc1cc(Oc2cc(N3CCC(N4CCc5cc(O)ccc5NC4=O)CC3)ncn2)ccc1[N+](=O)[O-]. The van der Waals surface area contributed by atoms with Gasteiger partial charge < -0.3 is 25.0 Å². The minimum Gasteiger partial charge on any atom is -0.508 e. The largest absolute Gasteiger partial charge is 0.508 e. The first-order valence-corrected chi connectivity index (χ1v) is 11.8. The third-order valence-electron chi connectivity index (χ3n) is 6.66. The number of nitro benzene ring substituents is 1. The molecule has 2 N–H and O–H groups in total. The van der Waals surface area contributed by atoms with Crippen molar-refractivity contribution < 1.29 is 19.6 Å². The molecule has 1 fully saturated rings. The van der Waals surface area contributed by atoms with Gasteiger partial charge in [0.1, 0.15) is 23.6 Å². The molecule has 0 saturated carbocycles. The number of nitrogens with one attached hydrogen (secondary N) is 1. The van der Waals surface area contributed by atoms with Gasteiger partial charge in [-0.25, -0.2) is 14.8 Å². The number of ether oxygens (including phenoxy) is 1. The maximum Gasteiger partial charge on any atom is 0.322 e. The van der Waals surface area contributed by atoms with Gasteiger partial charge in [0.05, 0.1) is 4.92 Å². The number of carbonyl (C=O) groups excluding carboxylic acids is 1. The highest BCUT2D eigenvalue weighted by molar-refractivity contribution is 5.91. The van der Waals surface area contributed by atoms with E-state index in [0.717, 1.165) is 43.0 Å². The molecule has 3 aromatic rings. The van der Waals surface area contributed by atoms with E-state index in [2.05, 4.69) is 20.2 Å². The zero-order valence-corrected chi connectivity index (χ0v) is 19.8. The van der Waals surface area contributed by atoms with Crippen LogP contribution in [0.5, 0.6) is 17.4 Å². The van der Waals surface area contributed by atoms with E-state index in [1.54, 1.807) is 43.3 Å². The van der Waals surface area contributed by atoms with Gasteiger partial charge in [0, 0.05) is 49.1 Å². The number of piperidine rings is 1. The molecule has 0 bridgehead atoms. The molecule has 11 heteroatoms. The number of hydrogen-bond donors (Lipinski definition) is 2.